The van der Waals surface area contributed by atoms with Crippen molar-refractivity contribution in [2.45, 2.75) is 112 Å². The van der Waals surface area contributed by atoms with Gasteiger partial charge < -0.3 is 20.4 Å². The second kappa shape index (κ2) is 8.71. The summed E-state index contributed by atoms with van der Waals surface area (Å²) in [5, 5.41) is 43.4. The van der Waals surface area contributed by atoms with E-state index in [4.69, 9.17) is 0 Å². The van der Waals surface area contributed by atoms with Crippen molar-refractivity contribution >= 4 is 0 Å². The predicted octanol–water partition coefficient (Wildman–Crippen LogP) is 5.25. The highest BCUT2D eigenvalue weighted by atomic mass is 16.3. The van der Waals surface area contributed by atoms with Crippen LogP contribution in [0.25, 0.3) is 0 Å². The second-order valence-corrected chi connectivity index (χ2v) is 13.8. The van der Waals surface area contributed by atoms with Gasteiger partial charge in [0, 0.05) is 11.3 Å². The molecule has 4 nitrogen and oxygen atoms in total. The monoisotopic (exact) mass is 474 g/mol. The standard InChI is InChI=1S/C30H50O4/c1-18(2)14-20(32)15-19(3)21-10-11-30(7)26-24(33)16-23-22(8-9-25(34)28(23,5)17-31)27(26,4)12-13-29(21,30)6/h14,16,19-22,24-26,31-34H,8-13,15,17H2,1-7H3/t19-,20+,21-,22-,24-,25+,26-,27+,28-,29-,30+/m1/s1. The number of rotatable bonds is 5. The minimum Gasteiger partial charge on any atom is -0.395 e. The van der Waals surface area contributed by atoms with E-state index in [9.17, 15) is 20.4 Å². The van der Waals surface area contributed by atoms with Gasteiger partial charge in [0.25, 0.3) is 0 Å². The van der Waals surface area contributed by atoms with Crippen LogP contribution in [0.5, 0.6) is 0 Å². The lowest BCUT2D eigenvalue weighted by Crippen LogP contribution is -2.63. The number of allylic oxidation sites excluding steroid dienone is 1. The third-order valence-electron chi connectivity index (χ3n) is 11.8. The van der Waals surface area contributed by atoms with E-state index in [0.29, 0.717) is 24.2 Å². The first kappa shape index (κ1) is 26.4. The van der Waals surface area contributed by atoms with E-state index in [2.05, 4.69) is 27.7 Å². The predicted molar refractivity (Wildman–Crippen MR) is 137 cm³/mol. The summed E-state index contributed by atoms with van der Waals surface area (Å²) in [7, 11) is 0. The average molecular weight is 475 g/mol. The lowest BCUT2D eigenvalue weighted by atomic mass is 9.38. The van der Waals surface area contributed by atoms with Crippen molar-refractivity contribution in [3.63, 3.8) is 0 Å². The second-order valence-electron chi connectivity index (χ2n) is 13.8. The summed E-state index contributed by atoms with van der Waals surface area (Å²) < 4.78 is 0. The van der Waals surface area contributed by atoms with Crippen LogP contribution < -0.4 is 0 Å². The maximum atomic E-state index is 11.7. The third kappa shape index (κ3) is 3.61. The topological polar surface area (TPSA) is 80.9 Å². The Bertz CT molecular complexity index is 845. The maximum Gasteiger partial charge on any atom is 0.0762 e. The molecule has 34 heavy (non-hydrogen) atoms. The SMILES string of the molecule is CC(C)=C[C@H](O)C[C@@H](C)[C@H]1CC[C@@]2(C)[C@@H]3[C@H](O)C=C4[C@@H](CC[C@H](O)[C@]4(C)CO)[C@]3(C)CC[C@]12C. The van der Waals surface area contributed by atoms with Crippen LogP contribution in [0.1, 0.15) is 93.4 Å². The molecule has 0 radical (unpaired) electrons. The van der Waals surface area contributed by atoms with Crippen LogP contribution in [0.2, 0.25) is 0 Å². The fourth-order valence-electron chi connectivity index (χ4n) is 9.80. The van der Waals surface area contributed by atoms with E-state index in [1.165, 1.54) is 0 Å². The van der Waals surface area contributed by atoms with E-state index in [1.54, 1.807) is 0 Å². The molecule has 0 aromatic carbocycles. The van der Waals surface area contributed by atoms with Crippen molar-refractivity contribution in [2.24, 2.45) is 45.3 Å². The number of hydrogen-bond donors (Lipinski definition) is 4. The number of fused-ring (bicyclic) bond motifs is 5. The first-order valence-electron chi connectivity index (χ1n) is 13.8. The fourth-order valence-corrected chi connectivity index (χ4v) is 9.80. The van der Waals surface area contributed by atoms with Crippen molar-refractivity contribution in [3.05, 3.63) is 23.3 Å². The highest BCUT2D eigenvalue weighted by Crippen LogP contribution is 2.74. The molecule has 0 unspecified atom stereocenters. The molecule has 194 valence electrons. The summed E-state index contributed by atoms with van der Waals surface area (Å²) in [6, 6.07) is 0. The van der Waals surface area contributed by atoms with Crippen LogP contribution in [0.4, 0.5) is 0 Å². The van der Waals surface area contributed by atoms with Gasteiger partial charge in [-0.3, -0.25) is 0 Å². The minimum atomic E-state index is -0.659. The number of aliphatic hydroxyl groups excluding tert-OH is 4. The fraction of sp³-hybridized carbons (Fsp3) is 0.867. The molecule has 0 aliphatic heterocycles. The molecule has 0 heterocycles. The molecule has 0 aromatic heterocycles. The summed E-state index contributed by atoms with van der Waals surface area (Å²) in [4.78, 5) is 0. The lowest BCUT2D eigenvalue weighted by Gasteiger charge is -2.67. The van der Waals surface area contributed by atoms with Gasteiger partial charge >= 0.3 is 0 Å². The van der Waals surface area contributed by atoms with Crippen LogP contribution in [-0.4, -0.2) is 45.3 Å². The molecule has 3 fully saturated rings. The normalized spacial score (nSPS) is 49.9. The van der Waals surface area contributed by atoms with Crippen LogP contribution >= 0.6 is 0 Å². The van der Waals surface area contributed by atoms with Gasteiger partial charge in [-0.2, -0.15) is 0 Å². The zero-order valence-electron chi connectivity index (χ0n) is 22.6. The summed E-state index contributed by atoms with van der Waals surface area (Å²) >= 11 is 0. The van der Waals surface area contributed by atoms with Gasteiger partial charge in [-0.25, -0.2) is 0 Å². The third-order valence-corrected chi connectivity index (χ3v) is 11.8. The Labute approximate surface area is 207 Å². The van der Waals surface area contributed by atoms with E-state index in [0.717, 1.165) is 49.7 Å². The van der Waals surface area contributed by atoms with Gasteiger partial charge in [0.1, 0.15) is 0 Å². The molecular weight excluding hydrogens is 424 g/mol. The number of aliphatic hydroxyl groups is 4. The molecule has 3 saturated carbocycles. The van der Waals surface area contributed by atoms with Crippen molar-refractivity contribution in [1.82, 2.24) is 0 Å². The summed E-state index contributed by atoms with van der Waals surface area (Å²) in [5.74, 6) is 1.44. The van der Waals surface area contributed by atoms with E-state index in [1.807, 2.05) is 32.9 Å². The Morgan fingerprint density at radius 2 is 1.71 bits per heavy atom. The van der Waals surface area contributed by atoms with Crippen molar-refractivity contribution in [3.8, 4) is 0 Å². The lowest BCUT2D eigenvalue weighted by molar-refractivity contribution is -0.179. The molecule has 11 atom stereocenters. The smallest absolute Gasteiger partial charge is 0.0762 e. The van der Waals surface area contributed by atoms with E-state index < -0.39 is 17.6 Å². The number of hydrogen-bond acceptors (Lipinski definition) is 4. The van der Waals surface area contributed by atoms with Gasteiger partial charge in [-0.1, -0.05) is 57.9 Å². The van der Waals surface area contributed by atoms with E-state index >= 15 is 0 Å². The summed E-state index contributed by atoms with van der Waals surface area (Å²) in [6.45, 7) is 15.6. The van der Waals surface area contributed by atoms with Crippen LogP contribution in [0, 0.1) is 45.3 Å². The minimum absolute atomic E-state index is 0.0213. The Morgan fingerprint density at radius 3 is 2.32 bits per heavy atom. The van der Waals surface area contributed by atoms with E-state index in [-0.39, 0.29) is 34.9 Å². The summed E-state index contributed by atoms with van der Waals surface area (Å²) in [5.41, 5.74) is 1.72. The van der Waals surface area contributed by atoms with Crippen LogP contribution in [0.3, 0.4) is 0 Å². The van der Waals surface area contributed by atoms with Crippen LogP contribution in [0.15, 0.2) is 23.3 Å². The van der Waals surface area contributed by atoms with Gasteiger partial charge in [0.15, 0.2) is 0 Å². The molecule has 4 heteroatoms. The molecule has 0 bridgehead atoms. The molecule has 0 spiro atoms. The zero-order chi connectivity index (χ0) is 25.3. The van der Waals surface area contributed by atoms with Crippen molar-refractivity contribution in [2.75, 3.05) is 6.61 Å². The van der Waals surface area contributed by atoms with Crippen molar-refractivity contribution in [1.29, 1.82) is 0 Å². The Hall–Kier alpha value is -0.680. The molecular formula is C30H50O4. The highest BCUT2D eigenvalue weighted by Gasteiger charge is 2.69. The average Bonchev–Trinajstić information content (AvgIpc) is 3.01. The summed E-state index contributed by atoms with van der Waals surface area (Å²) in [6.07, 6.45) is 9.46. The molecule has 0 saturated heterocycles. The molecule has 0 aromatic rings. The first-order chi connectivity index (χ1) is 15.7. The Kier molecular flexibility index (Phi) is 6.76. The van der Waals surface area contributed by atoms with Gasteiger partial charge in [-0.05, 0) is 92.8 Å². The largest absolute Gasteiger partial charge is 0.395 e. The molecule has 0 amide bonds. The maximum absolute atomic E-state index is 11.7. The Balaban J connectivity index is 1.69. The highest BCUT2D eigenvalue weighted by molar-refractivity contribution is 5.33. The van der Waals surface area contributed by atoms with Crippen molar-refractivity contribution < 1.29 is 20.4 Å². The van der Waals surface area contributed by atoms with Gasteiger partial charge in [-0.15, -0.1) is 0 Å². The quantitative estimate of drug-likeness (QED) is 0.410. The van der Waals surface area contributed by atoms with Gasteiger partial charge in [0.2, 0.25) is 0 Å². The molecule has 4 aliphatic carbocycles. The van der Waals surface area contributed by atoms with Crippen LogP contribution in [-0.2, 0) is 0 Å². The Morgan fingerprint density at radius 1 is 1.03 bits per heavy atom. The molecule has 4 N–H and O–H groups in total. The first-order valence-corrected chi connectivity index (χ1v) is 13.8. The zero-order valence-corrected chi connectivity index (χ0v) is 22.6. The van der Waals surface area contributed by atoms with Gasteiger partial charge in [0.05, 0.1) is 24.9 Å². The molecule has 4 rings (SSSR count). The molecule has 4 aliphatic rings.